The van der Waals surface area contributed by atoms with E-state index >= 15 is 0 Å². The quantitative estimate of drug-likeness (QED) is 0.816. The number of likely N-dealkylation sites (tertiary alicyclic amines) is 1. The van der Waals surface area contributed by atoms with E-state index in [1.807, 2.05) is 0 Å². The lowest BCUT2D eigenvalue weighted by atomic mass is 9.99. The maximum atomic E-state index is 12.3. The second-order valence-electron chi connectivity index (χ2n) is 6.70. The Morgan fingerprint density at radius 2 is 1.68 bits per heavy atom. The van der Waals surface area contributed by atoms with Gasteiger partial charge in [0.25, 0.3) is 5.91 Å². The number of carbonyl (C=O) groups excluding carboxylic acids is 1. The van der Waals surface area contributed by atoms with Gasteiger partial charge in [-0.05, 0) is 49.9 Å². The summed E-state index contributed by atoms with van der Waals surface area (Å²) in [6.45, 7) is 3.66. The highest BCUT2D eigenvalue weighted by Crippen LogP contribution is 2.20. The summed E-state index contributed by atoms with van der Waals surface area (Å²) in [6.07, 6.45) is 4.04. The second kappa shape index (κ2) is 7.82. The Balaban J connectivity index is 1.50. The van der Waals surface area contributed by atoms with Crippen LogP contribution < -0.4 is 10.5 Å². The molecule has 0 spiro atoms. The van der Waals surface area contributed by atoms with Crippen molar-refractivity contribution in [2.75, 3.05) is 26.3 Å². The van der Waals surface area contributed by atoms with Crippen molar-refractivity contribution >= 4 is 15.9 Å². The Morgan fingerprint density at radius 3 is 2.24 bits per heavy atom. The number of amides is 1. The third-order valence-electron chi connectivity index (χ3n) is 5.02. The number of nitrogens with one attached hydrogen (secondary N) is 1. The van der Waals surface area contributed by atoms with Crippen LogP contribution in [-0.4, -0.2) is 57.6 Å². The topological polar surface area (TPSA) is 102 Å². The number of nitrogens with zero attached hydrogens (tertiary/aromatic N) is 1. The molecule has 2 aliphatic heterocycles. The SMILES string of the molecule is NS(=O)(=O)c1ccc(C(=O)NC2CCN(C3CCOCC3)CC2)cc1. The van der Waals surface area contributed by atoms with Gasteiger partial charge < -0.3 is 15.0 Å². The fourth-order valence-electron chi connectivity index (χ4n) is 3.52. The van der Waals surface area contributed by atoms with Crippen LogP contribution in [0.1, 0.15) is 36.0 Å². The molecule has 1 amide bonds. The molecule has 1 aromatic rings. The zero-order valence-electron chi connectivity index (χ0n) is 14.2. The molecule has 2 aliphatic rings. The van der Waals surface area contributed by atoms with Gasteiger partial charge >= 0.3 is 0 Å². The Hall–Kier alpha value is -1.48. The molecule has 2 saturated heterocycles. The molecule has 0 atom stereocenters. The second-order valence-corrected chi connectivity index (χ2v) is 8.26. The molecule has 0 saturated carbocycles. The molecular weight excluding hydrogens is 342 g/mol. The molecule has 2 fully saturated rings. The van der Waals surface area contributed by atoms with E-state index in [1.54, 1.807) is 0 Å². The van der Waals surface area contributed by atoms with Crippen molar-refractivity contribution in [3.8, 4) is 0 Å². The van der Waals surface area contributed by atoms with E-state index in [0.717, 1.165) is 52.0 Å². The molecule has 1 aromatic carbocycles. The van der Waals surface area contributed by atoms with Crippen molar-refractivity contribution in [1.82, 2.24) is 10.2 Å². The Bertz CT molecular complexity index is 691. The number of ether oxygens (including phenoxy) is 1. The van der Waals surface area contributed by atoms with Crippen molar-refractivity contribution in [1.29, 1.82) is 0 Å². The highest BCUT2D eigenvalue weighted by Gasteiger charge is 2.27. The van der Waals surface area contributed by atoms with Crippen molar-refractivity contribution in [2.24, 2.45) is 5.14 Å². The number of rotatable bonds is 4. The van der Waals surface area contributed by atoms with Gasteiger partial charge in [-0.15, -0.1) is 0 Å². The van der Waals surface area contributed by atoms with Crippen molar-refractivity contribution < 1.29 is 17.9 Å². The lowest BCUT2D eigenvalue weighted by molar-refractivity contribution is 0.0238. The first kappa shape index (κ1) is 18.3. The Labute approximate surface area is 148 Å². The maximum absolute atomic E-state index is 12.3. The van der Waals surface area contributed by atoms with Crippen molar-refractivity contribution in [3.05, 3.63) is 29.8 Å². The first-order valence-corrected chi connectivity index (χ1v) is 10.2. The standard InChI is InChI=1S/C17H25N3O4S/c18-25(22,23)16-3-1-13(2-4-16)17(21)19-14-5-9-20(10-6-14)15-7-11-24-12-8-15/h1-4,14-15H,5-12H2,(H,19,21)(H2,18,22,23). The third kappa shape index (κ3) is 4.78. The first-order chi connectivity index (χ1) is 11.9. The fraction of sp³-hybridized carbons (Fsp3) is 0.588. The van der Waals surface area contributed by atoms with E-state index in [9.17, 15) is 13.2 Å². The molecule has 3 rings (SSSR count). The molecular formula is C17H25N3O4S. The van der Waals surface area contributed by atoms with Crippen LogP contribution in [0.2, 0.25) is 0 Å². The third-order valence-corrected chi connectivity index (χ3v) is 5.95. The van der Waals surface area contributed by atoms with Gasteiger partial charge in [0.05, 0.1) is 4.90 Å². The number of hydrogen-bond acceptors (Lipinski definition) is 5. The average molecular weight is 367 g/mol. The normalized spacial score (nSPS) is 21.2. The van der Waals surface area contributed by atoms with Crippen LogP contribution in [-0.2, 0) is 14.8 Å². The zero-order chi connectivity index (χ0) is 17.9. The highest BCUT2D eigenvalue weighted by molar-refractivity contribution is 7.89. The maximum Gasteiger partial charge on any atom is 0.251 e. The monoisotopic (exact) mass is 367 g/mol. The van der Waals surface area contributed by atoms with Gasteiger partial charge in [-0.25, -0.2) is 13.6 Å². The molecule has 7 nitrogen and oxygen atoms in total. The van der Waals surface area contributed by atoms with Gasteiger partial charge in [-0.1, -0.05) is 0 Å². The molecule has 2 heterocycles. The Kier molecular flexibility index (Phi) is 5.73. The van der Waals surface area contributed by atoms with Gasteiger partial charge in [0.1, 0.15) is 0 Å². The van der Waals surface area contributed by atoms with Crippen LogP contribution in [0, 0.1) is 0 Å². The number of benzene rings is 1. The molecule has 138 valence electrons. The van der Waals surface area contributed by atoms with Gasteiger partial charge in [0.2, 0.25) is 10.0 Å². The zero-order valence-corrected chi connectivity index (χ0v) is 15.0. The van der Waals surface area contributed by atoms with E-state index < -0.39 is 10.0 Å². The molecule has 0 unspecified atom stereocenters. The minimum absolute atomic E-state index is 0.00817. The minimum Gasteiger partial charge on any atom is -0.381 e. The van der Waals surface area contributed by atoms with Gasteiger partial charge in [0, 0.05) is 44.0 Å². The average Bonchev–Trinajstić information content (AvgIpc) is 2.62. The molecule has 3 N–H and O–H groups in total. The molecule has 0 aromatic heterocycles. The van der Waals surface area contributed by atoms with Crippen LogP contribution in [0.25, 0.3) is 0 Å². The summed E-state index contributed by atoms with van der Waals surface area (Å²) in [5.74, 6) is -0.175. The Morgan fingerprint density at radius 1 is 1.08 bits per heavy atom. The summed E-state index contributed by atoms with van der Waals surface area (Å²) in [7, 11) is -3.74. The van der Waals surface area contributed by atoms with Crippen molar-refractivity contribution in [3.63, 3.8) is 0 Å². The molecule has 25 heavy (non-hydrogen) atoms. The van der Waals surface area contributed by atoms with Crippen LogP contribution >= 0.6 is 0 Å². The minimum atomic E-state index is -3.74. The number of primary sulfonamides is 1. The summed E-state index contributed by atoms with van der Waals surface area (Å²) in [6, 6.07) is 6.46. The summed E-state index contributed by atoms with van der Waals surface area (Å²) < 4.78 is 27.9. The number of hydrogen-bond donors (Lipinski definition) is 2. The predicted molar refractivity (Wildman–Crippen MR) is 93.7 cm³/mol. The smallest absolute Gasteiger partial charge is 0.251 e. The van der Waals surface area contributed by atoms with Gasteiger partial charge in [-0.3, -0.25) is 4.79 Å². The van der Waals surface area contributed by atoms with E-state index in [0.29, 0.717) is 11.6 Å². The van der Waals surface area contributed by atoms with Crippen LogP contribution in [0.15, 0.2) is 29.2 Å². The predicted octanol–water partition coefficient (Wildman–Crippen LogP) is 0.707. The summed E-state index contributed by atoms with van der Waals surface area (Å²) in [5.41, 5.74) is 0.444. The molecule has 0 aliphatic carbocycles. The summed E-state index contributed by atoms with van der Waals surface area (Å²) in [5, 5.41) is 8.11. The lowest BCUT2D eigenvalue weighted by Gasteiger charge is -2.39. The van der Waals surface area contributed by atoms with Gasteiger partial charge in [-0.2, -0.15) is 0 Å². The highest BCUT2D eigenvalue weighted by atomic mass is 32.2. The van der Waals surface area contributed by atoms with Crippen LogP contribution in [0.5, 0.6) is 0 Å². The fourth-order valence-corrected chi connectivity index (χ4v) is 4.04. The summed E-state index contributed by atoms with van der Waals surface area (Å²) >= 11 is 0. The first-order valence-electron chi connectivity index (χ1n) is 8.69. The summed E-state index contributed by atoms with van der Waals surface area (Å²) in [4.78, 5) is 14.8. The number of carbonyl (C=O) groups is 1. The van der Waals surface area contributed by atoms with E-state index in [4.69, 9.17) is 9.88 Å². The lowest BCUT2D eigenvalue weighted by Crippen LogP contribution is -2.49. The molecule has 0 bridgehead atoms. The van der Waals surface area contributed by atoms with E-state index in [1.165, 1.54) is 24.3 Å². The largest absolute Gasteiger partial charge is 0.381 e. The number of nitrogens with two attached hydrogens (primary N) is 1. The van der Waals surface area contributed by atoms with Crippen LogP contribution in [0.4, 0.5) is 0 Å². The molecule has 0 radical (unpaired) electrons. The number of piperidine rings is 1. The molecule has 8 heteroatoms. The van der Waals surface area contributed by atoms with E-state index in [2.05, 4.69) is 10.2 Å². The van der Waals surface area contributed by atoms with E-state index in [-0.39, 0.29) is 16.8 Å². The number of sulfonamides is 1. The van der Waals surface area contributed by atoms with Crippen LogP contribution in [0.3, 0.4) is 0 Å². The van der Waals surface area contributed by atoms with Crippen molar-refractivity contribution in [2.45, 2.75) is 42.7 Å². The van der Waals surface area contributed by atoms with Gasteiger partial charge in [0.15, 0.2) is 0 Å².